The first-order valence-corrected chi connectivity index (χ1v) is 6.65. The molecule has 1 fully saturated rings. The molecule has 0 radical (unpaired) electrons. The molecule has 1 aliphatic rings. The molecule has 0 saturated heterocycles. The molecule has 0 amide bonds. The third-order valence-electron chi connectivity index (χ3n) is 3.58. The van der Waals surface area contributed by atoms with E-state index in [0.29, 0.717) is 0 Å². The van der Waals surface area contributed by atoms with Crippen molar-refractivity contribution in [2.24, 2.45) is 0 Å². The first-order chi connectivity index (χ1) is 7.56. The maximum absolute atomic E-state index is 10.3. The molecule has 96 valence electrons. The summed E-state index contributed by atoms with van der Waals surface area (Å²) in [5.74, 6) is 0. The average Bonchev–Trinajstić information content (AvgIpc) is 2.63. The van der Waals surface area contributed by atoms with Crippen LogP contribution in [0.5, 0.6) is 0 Å². The average molecular weight is 228 g/mol. The molecule has 0 aliphatic heterocycles. The molecule has 0 atom stereocenters. The second-order valence-corrected chi connectivity index (χ2v) is 5.46. The van der Waals surface area contributed by atoms with Gasteiger partial charge in [0.15, 0.2) is 0 Å². The van der Waals surface area contributed by atoms with Gasteiger partial charge < -0.3 is 14.9 Å². The lowest BCUT2D eigenvalue weighted by molar-refractivity contribution is 0.0101. The smallest absolute Gasteiger partial charge is 0.0774 e. The van der Waals surface area contributed by atoms with E-state index in [1.165, 1.54) is 19.3 Å². The molecular formula is C13H28N2O. The van der Waals surface area contributed by atoms with Crippen molar-refractivity contribution in [3.63, 3.8) is 0 Å². The van der Waals surface area contributed by atoms with E-state index >= 15 is 0 Å². The predicted molar refractivity (Wildman–Crippen MR) is 68.7 cm³/mol. The van der Waals surface area contributed by atoms with E-state index in [0.717, 1.165) is 39.0 Å². The van der Waals surface area contributed by atoms with Gasteiger partial charge in [-0.05, 0) is 53.0 Å². The van der Waals surface area contributed by atoms with Crippen molar-refractivity contribution in [3.8, 4) is 0 Å². The van der Waals surface area contributed by atoms with E-state index in [1.54, 1.807) is 0 Å². The van der Waals surface area contributed by atoms with Crippen molar-refractivity contribution >= 4 is 0 Å². The largest absolute Gasteiger partial charge is 0.389 e. The van der Waals surface area contributed by atoms with Crippen molar-refractivity contribution in [3.05, 3.63) is 0 Å². The van der Waals surface area contributed by atoms with Crippen LogP contribution in [0.1, 0.15) is 39.0 Å². The summed E-state index contributed by atoms with van der Waals surface area (Å²) in [6.07, 6.45) is 5.59. The number of hydrogen-bond acceptors (Lipinski definition) is 3. The molecule has 1 saturated carbocycles. The molecule has 16 heavy (non-hydrogen) atoms. The normalized spacial score (nSPS) is 19.9. The molecule has 0 spiro atoms. The fraction of sp³-hybridized carbons (Fsp3) is 1.00. The van der Waals surface area contributed by atoms with E-state index in [4.69, 9.17) is 0 Å². The summed E-state index contributed by atoms with van der Waals surface area (Å²) in [5.41, 5.74) is -0.381. The monoisotopic (exact) mass is 228 g/mol. The van der Waals surface area contributed by atoms with Gasteiger partial charge in [0.2, 0.25) is 0 Å². The van der Waals surface area contributed by atoms with E-state index in [2.05, 4.69) is 30.8 Å². The minimum Gasteiger partial charge on any atom is -0.389 e. The van der Waals surface area contributed by atoms with Gasteiger partial charge in [-0.3, -0.25) is 0 Å². The second-order valence-electron chi connectivity index (χ2n) is 5.46. The van der Waals surface area contributed by atoms with Gasteiger partial charge in [-0.2, -0.15) is 0 Å². The van der Waals surface area contributed by atoms with E-state index in [9.17, 15) is 5.11 Å². The zero-order chi connectivity index (χ0) is 12.0. The Bertz CT molecular complexity index is 188. The van der Waals surface area contributed by atoms with Gasteiger partial charge in [0, 0.05) is 6.54 Å². The Kier molecular flexibility index (Phi) is 5.73. The quantitative estimate of drug-likeness (QED) is 0.716. The summed E-state index contributed by atoms with van der Waals surface area (Å²) < 4.78 is 0. The van der Waals surface area contributed by atoms with Crippen LogP contribution in [-0.2, 0) is 0 Å². The van der Waals surface area contributed by atoms with E-state index < -0.39 is 0 Å². The van der Waals surface area contributed by atoms with Crippen LogP contribution >= 0.6 is 0 Å². The molecule has 3 heteroatoms. The van der Waals surface area contributed by atoms with Gasteiger partial charge in [-0.15, -0.1) is 0 Å². The van der Waals surface area contributed by atoms with E-state index in [1.807, 2.05) is 0 Å². The van der Waals surface area contributed by atoms with Crippen LogP contribution in [0.4, 0.5) is 0 Å². The zero-order valence-corrected chi connectivity index (χ0v) is 11.2. The minimum absolute atomic E-state index is 0.381. The van der Waals surface area contributed by atoms with Crippen molar-refractivity contribution in [1.29, 1.82) is 0 Å². The Morgan fingerprint density at radius 1 is 1.12 bits per heavy atom. The van der Waals surface area contributed by atoms with Gasteiger partial charge in [0.1, 0.15) is 0 Å². The van der Waals surface area contributed by atoms with Crippen LogP contribution in [0.3, 0.4) is 0 Å². The number of nitrogens with zero attached hydrogens (tertiary/aromatic N) is 2. The molecule has 0 bridgehead atoms. The summed E-state index contributed by atoms with van der Waals surface area (Å²) in [4.78, 5) is 4.62. The van der Waals surface area contributed by atoms with Crippen LogP contribution in [0.2, 0.25) is 0 Å². The van der Waals surface area contributed by atoms with Crippen molar-refractivity contribution in [2.45, 2.75) is 44.6 Å². The van der Waals surface area contributed by atoms with Gasteiger partial charge in [-0.1, -0.05) is 19.8 Å². The molecule has 0 heterocycles. The van der Waals surface area contributed by atoms with Crippen molar-refractivity contribution < 1.29 is 5.11 Å². The maximum atomic E-state index is 10.3. The molecule has 0 aromatic heterocycles. The van der Waals surface area contributed by atoms with E-state index in [-0.39, 0.29) is 5.60 Å². The lowest BCUT2D eigenvalue weighted by Crippen LogP contribution is -2.41. The fourth-order valence-electron chi connectivity index (χ4n) is 2.57. The highest BCUT2D eigenvalue weighted by Gasteiger charge is 2.32. The summed E-state index contributed by atoms with van der Waals surface area (Å²) in [7, 11) is 4.22. The Labute approximate surface area is 100 Å². The summed E-state index contributed by atoms with van der Waals surface area (Å²) >= 11 is 0. The number of rotatable bonds is 7. The lowest BCUT2D eigenvalue weighted by Gasteiger charge is -2.30. The van der Waals surface area contributed by atoms with Crippen LogP contribution in [-0.4, -0.2) is 60.8 Å². The van der Waals surface area contributed by atoms with Crippen LogP contribution < -0.4 is 0 Å². The van der Waals surface area contributed by atoms with Gasteiger partial charge in [0.05, 0.1) is 5.60 Å². The molecule has 0 aromatic carbocycles. The fourth-order valence-corrected chi connectivity index (χ4v) is 2.57. The molecule has 1 aliphatic carbocycles. The highest BCUT2D eigenvalue weighted by molar-refractivity contribution is 4.87. The Hall–Kier alpha value is -0.120. The number of likely N-dealkylation sites (N-methyl/N-ethyl adjacent to an activating group) is 1. The topological polar surface area (TPSA) is 26.7 Å². The lowest BCUT2D eigenvalue weighted by atomic mass is 10.0. The van der Waals surface area contributed by atoms with Crippen LogP contribution in [0.25, 0.3) is 0 Å². The summed E-state index contributed by atoms with van der Waals surface area (Å²) in [6, 6.07) is 0. The van der Waals surface area contributed by atoms with Crippen LogP contribution in [0, 0.1) is 0 Å². The maximum Gasteiger partial charge on any atom is 0.0774 e. The molecule has 0 unspecified atom stereocenters. The standard InChI is InChI=1S/C13H28N2O/c1-4-15(11-7-10-14(2)3)12-13(16)8-5-6-9-13/h16H,4-12H2,1-3H3. The predicted octanol–water partition coefficient (Wildman–Crippen LogP) is 1.57. The molecular weight excluding hydrogens is 200 g/mol. The zero-order valence-electron chi connectivity index (χ0n) is 11.2. The van der Waals surface area contributed by atoms with Gasteiger partial charge in [0.25, 0.3) is 0 Å². The summed E-state index contributed by atoms with van der Waals surface area (Å²) in [6.45, 7) is 6.35. The third kappa shape index (κ3) is 4.81. The Morgan fingerprint density at radius 2 is 1.75 bits per heavy atom. The first kappa shape index (κ1) is 13.9. The molecule has 1 N–H and O–H groups in total. The second kappa shape index (κ2) is 6.58. The van der Waals surface area contributed by atoms with Crippen LogP contribution in [0.15, 0.2) is 0 Å². The van der Waals surface area contributed by atoms with Crippen molar-refractivity contribution in [1.82, 2.24) is 9.80 Å². The van der Waals surface area contributed by atoms with Gasteiger partial charge >= 0.3 is 0 Å². The van der Waals surface area contributed by atoms with Gasteiger partial charge in [-0.25, -0.2) is 0 Å². The number of aliphatic hydroxyl groups is 1. The van der Waals surface area contributed by atoms with Crippen molar-refractivity contribution in [2.75, 3.05) is 40.3 Å². The highest BCUT2D eigenvalue weighted by atomic mass is 16.3. The third-order valence-corrected chi connectivity index (χ3v) is 3.58. The molecule has 3 nitrogen and oxygen atoms in total. The summed E-state index contributed by atoms with van der Waals surface area (Å²) in [5, 5.41) is 10.3. The molecule has 1 rings (SSSR count). The minimum atomic E-state index is -0.381. The Morgan fingerprint density at radius 3 is 2.25 bits per heavy atom. The Balaban J connectivity index is 2.25. The first-order valence-electron chi connectivity index (χ1n) is 6.65. The highest BCUT2D eigenvalue weighted by Crippen LogP contribution is 2.30. The number of hydrogen-bond donors (Lipinski definition) is 1. The SMILES string of the molecule is CCN(CCCN(C)C)CC1(O)CCCC1. The molecule has 0 aromatic rings.